The summed E-state index contributed by atoms with van der Waals surface area (Å²) in [6, 6.07) is 4.53. The molecule has 3 atom stereocenters. The van der Waals surface area contributed by atoms with Crippen molar-refractivity contribution in [3.63, 3.8) is 0 Å². The first-order valence-electron chi connectivity index (χ1n) is 11.0. The van der Waals surface area contributed by atoms with E-state index >= 15 is 0 Å². The first-order valence-corrected chi connectivity index (χ1v) is 11.0. The number of rotatable bonds is 3. The number of pyridine rings is 1. The summed E-state index contributed by atoms with van der Waals surface area (Å²) < 4.78 is 9.32. The summed E-state index contributed by atoms with van der Waals surface area (Å²) in [6.45, 7) is 7.28. The third kappa shape index (κ3) is 3.86. The Morgan fingerprint density at radius 2 is 2.00 bits per heavy atom. The van der Waals surface area contributed by atoms with Crippen LogP contribution in [0.3, 0.4) is 0 Å². The Balaban J connectivity index is 1.37. The van der Waals surface area contributed by atoms with Crippen LogP contribution in [0.2, 0.25) is 0 Å². The predicted molar refractivity (Wildman–Crippen MR) is 119 cm³/mol. The largest absolute Gasteiger partial charge is 0.444 e. The molecular weight excluding hydrogens is 392 g/mol. The summed E-state index contributed by atoms with van der Waals surface area (Å²) in [5.41, 5.74) is 3.79. The highest BCUT2D eigenvalue weighted by Crippen LogP contribution is 2.41. The first kappa shape index (κ1) is 19.9. The highest BCUT2D eigenvalue weighted by atomic mass is 16.6. The highest BCUT2D eigenvalue weighted by Gasteiger charge is 2.45. The molecule has 0 aromatic carbocycles. The number of hydrogen-bond acceptors (Lipinski definition) is 5. The van der Waals surface area contributed by atoms with Crippen LogP contribution in [0.5, 0.6) is 0 Å². The SMILES string of the molecule is Cn1cc(-c2cc(NC3CCC4CN(C(=O)OC(C)(C)C)CC43)c3ccnn3c2)cn1. The number of amides is 1. The Labute approximate surface area is 182 Å². The maximum absolute atomic E-state index is 12.6. The van der Waals surface area contributed by atoms with Crippen LogP contribution in [0.15, 0.2) is 36.9 Å². The standard InChI is InChI=1S/C23H30N6O2/c1-23(2,3)31-22(30)28-12-15-5-6-19(18(15)14-28)26-20-9-16(17-10-25-27(4)11-17)13-29-21(20)7-8-24-29/h7-11,13,15,18-19,26H,5-6,12,14H2,1-4H3. The Hall–Kier alpha value is -3.03. The normalized spacial score (nSPS) is 23.4. The smallest absolute Gasteiger partial charge is 0.410 e. The van der Waals surface area contributed by atoms with Gasteiger partial charge in [0, 0.05) is 55.6 Å². The molecule has 0 spiro atoms. The van der Waals surface area contributed by atoms with Gasteiger partial charge in [-0.3, -0.25) is 4.68 Å². The molecule has 8 nitrogen and oxygen atoms in total. The molecular formula is C23H30N6O2. The van der Waals surface area contributed by atoms with Crippen molar-refractivity contribution in [1.82, 2.24) is 24.3 Å². The van der Waals surface area contributed by atoms with Gasteiger partial charge in [-0.05, 0) is 51.7 Å². The lowest BCUT2D eigenvalue weighted by Crippen LogP contribution is -2.37. The molecule has 31 heavy (non-hydrogen) atoms. The molecule has 0 radical (unpaired) electrons. The minimum Gasteiger partial charge on any atom is -0.444 e. The molecule has 1 aliphatic heterocycles. The third-order valence-corrected chi connectivity index (χ3v) is 6.40. The van der Waals surface area contributed by atoms with Gasteiger partial charge in [0.25, 0.3) is 0 Å². The van der Waals surface area contributed by atoms with Crippen molar-refractivity contribution in [2.45, 2.75) is 45.3 Å². The number of ether oxygens (including phenoxy) is 1. The van der Waals surface area contributed by atoms with E-state index < -0.39 is 5.60 Å². The van der Waals surface area contributed by atoms with E-state index in [0.717, 1.165) is 48.3 Å². The van der Waals surface area contributed by atoms with Crippen molar-refractivity contribution in [3.05, 3.63) is 36.9 Å². The molecule has 5 rings (SSSR count). The monoisotopic (exact) mass is 422 g/mol. The number of anilines is 1. The average Bonchev–Trinajstić information content (AvgIpc) is 3.44. The van der Waals surface area contributed by atoms with Gasteiger partial charge in [-0.15, -0.1) is 0 Å². The first-order chi connectivity index (χ1) is 14.8. The maximum Gasteiger partial charge on any atom is 0.410 e. The average molecular weight is 423 g/mol. The number of fused-ring (bicyclic) bond motifs is 2. The van der Waals surface area contributed by atoms with Crippen molar-refractivity contribution < 1.29 is 9.53 Å². The summed E-state index contributed by atoms with van der Waals surface area (Å²) in [4.78, 5) is 14.4. The van der Waals surface area contributed by atoms with Gasteiger partial charge in [0.2, 0.25) is 0 Å². The summed E-state index contributed by atoms with van der Waals surface area (Å²) in [7, 11) is 1.92. The molecule has 4 heterocycles. The second kappa shape index (κ2) is 7.28. The zero-order chi connectivity index (χ0) is 21.8. The van der Waals surface area contributed by atoms with Crippen LogP contribution in [-0.4, -0.2) is 55.1 Å². The predicted octanol–water partition coefficient (Wildman–Crippen LogP) is 3.79. The van der Waals surface area contributed by atoms with Crippen molar-refractivity contribution in [1.29, 1.82) is 0 Å². The third-order valence-electron chi connectivity index (χ3n) is 6.40. The topological polar surface area (TPSA) is 76.7 Å². The van der Waals surface area contributed by atoms with Crippen molar-refractivity contribution in [2.24, 2.45) is 18.9 Å². The Morgan fingerprint density at radius 3 is 2.74 bits per heavy atom. The van der Waals surface area contributed by atoms with Crippen LogP contribution in [0.25, 0.3) is 16.6 Å². The van der Waals surface area contributed by atoms with Gasteiger partial charge in [0.15, 0.2) is 0 Å². The molecule has 3 aromatic heterocycles. The van der Waals surface area contributed by atoms with Gasteiger partial charge in [0.1, 0.15) is 5.60 Å². The van der Waals surface area contributed by atoms with E-state index in [0.29, 0.717) is 17.9 Å². The van der Waals surface area contributed by atoms with Crippen molar-refractivity contribution in [3.8, 4) is 11.1 Å². The van der Waals surface area contributed by atoms with Gasteiger partial charge in [-0.2, -0.15) is 10.2 Å². The number of carbonyl (C=O) groups is 1. The van der Waals surface area contributed by atoms with Gasteiger partial charge >= 0.3 is 6.09 Å². The van der Waals surface area contributed by atoms with E-state index in [2.05, 4.69) is 21.6 Å². The maximum atomic E-state index is 12.6. The second-order valence-corrected chi connectivity index (χ2v) is 9.84. The lowest BCUT2D eigenvalue weighted by atomic mass is 9.97. The Kier molecular flexibility index (Phi) is 4.68. The summed E-state index contributed by atoms with van der Waals surface area (Å²) in [5.74, 6) is 0.949. The molecule has 1 saturated carbocycles. The number of hydrogen-bond donors (Lipinski definition) is 1. The van der Waals surface area contributed by atoms with E-state index in [1.807, 2.05) is 68.1 Å². The van der Waals surface area contributed by atoms with E-state index in [1.54, 1.807) is 4.68 Å². The second-order valence-electron chi connectivity index (χ2n) is 9.84. The highest BCUT2D eigenvalue weighted by molar-refractivity contribution is 5.78. The van der Waals surface area contributed by atoms with Crippen molar-refractivity contribution >= 4 is 17.3 Å². The molecule has 2 fully saturated rings. The molecule has 1 amide bonds. The fourth-order valence-electron chi connectivity index (χ4n) is 4.99. The van der Waals surface area contributed by atoms with Crippen LogP contribution in [0, 0.1) is 11.8 Å². The molecule has 8 heteroatoms. The number of aromatic nitrogens is 4. The quantitative estimate of drug-likeness (QED) is 0.695. The number of carbonyl (C=O) groups excluding carboxylic acids is 1. The van der Waals surface area contributed by atoms with Crippen LogP contribution < -0.4 is 5.32 Å². The zero-order valence-corrected chi connectivity index (χ0v) is 18.6. The van der Waals surface area contributed by atoms with E-state index in [4.69, 9.17) is 4.74 Å². The fraction of sp³-hybridized carbons (Fsp3) is 0.522. The van der Waals surface area contributed by atoms with E-state index in [-0.39, 0.29) is 6.09 Å². The number of likely N-dealkylation sites (tertiary alicyclic amines) is 1. The minimum atomic E-state index is -0.465. The molecule has 1 saturated heterocycles. The number of nitrogens with zero attached hydrogens (tertiary/aromatic N) is 5. The van der Waals surface area contributed by atoms with Crippen LogP contribution in [0.4, 0.5) is 10.5 Å². The molecule has 164 valence electrons. The molecule has 1 aliphatic carbocycles. The molecule has 3 aromatic rings. The van der Waals surface area contributed by atoms with Gasteiger partial charge in [0.05, 0.1) is 23.6 Å². The summed E-state index contributed by atoms with van der Waals surface area (Å²) >= 11 is 0. The summed E-state index contributed by atoms with van der Waals surface area (Å²) in [5, 5.41) is 12.6. The number of nitrogens with one attached hydrogen (secondary N) is 1. The molecule has 3 unspecified atom stereocenters. The van der Waals surface area contributed by atoms with Crippen LogP contribution in [-0.2, 0) is 11.8 Å². The van der Waals surface area contributed by atoms with E-state index in [9.17, 15) is 4.79 Å². The fourth-order valence-corrected chi connectivity index (χ4v) is 4.99. The van der Waals surface area contributed by atoms with Gasteiger partial charge in [-0.1, -0.05) is 0 Å². The number of aryl methyl sites for hydroxylation is 1. The Morgan fingerprint density at radius 1 is 1.16 bits per heavy atom. The van der Waals surface area contributed by atoms with Gasteiger partial charge in [-0.25, -0.2) is 9.31 Å². The van der Waals surface area contributed by atoms with Crippen molar-refractivity contribution in [2.75, 3.05) is 18.4 Å². The van der Waals surface area contributed by atoms with E-state index in [1.165, 1.54) is 0 Å². The summed E-state index contributed by atoms with van der Waals surface area (Å²) in [6.07, 6.45) is 9.77. The molecule has 2 aliphatic rings. The molecule has 0 bridgehead atoms. The van der Waals surface area contributed by atoms with Gasteiger partial charge < -0.3 is 15.0 Å². The minimum absolute atomic E-state index is 0.197. The lowest BCUT2D eigenvalue weighted by molar-refractivity contribution is 0.0280. The molecule has 1 N–H and O–H groups in total. The van der Waals surface area contributed by atoms with Crippen LogP contribution >= 0.6 is 0 Å². The lowest BCUT2D eigenvalue weighted by Gasteiger charge is -2.26. The zero-order valence-electron chi connectivity index (χ0n) is 18.6. The Bertz CT molecular complexity index is 1110. The van der Waals surface area contributed by atoms with Crippen LogP contribution in [0.1, 0.15) is 33.6 Å².